The third-order valence-electron chi connectivity index (χ3n) is 4.50. The topological polar surface area (TPSA) is 59.4 Å². The zero-order valence-electron chi connectivity index (χ0n) is 14.7. The highest BCUT2D eigenvalue weighted by Gasteiger charge is 2.36. The van der Waals surface area contributed by atoms with E-state index in [0.29, 0.717) is 19.7 Å². The fraction of sp³-hybridized carbons (Fsp3) is 0.444. The molecule has 0 saturated carbocycles. The Morgan fingerprint density at radius 1 is 1.38 bits per heavy atom. The highest BCUT2D eigenvalue weighted by Crippen LogP contribution is 2.29. The maximum absolute atomic E-state index is 12.7. The molecule has 0 spiro atoms. The quantitative estimate of drug-likeness (QED) is 0.922. The van der Waals surface area contributed by atoms with E-state index >= 15 is 0 Å². The van der Waals surface area contributed by atoms with E-state index in [9.17, 15) is 4.79 Å². The van der Waals surface area contributed by atoms with Crippen molar-refractivity contribution in [1.82, 2.24) is 14.7 Å². The molecule has 0 aliphatic carbocycles. The maximum Gasteiger partial charge on any atom is 0.322 e. The molecule has 24 heavy (non-hydrogen) atoms. The summed E-state index contributed by atoms with van der Waals surface area (Å²) in [4.78, 5) is 14.5. The number of nitrogens with zero attached hydrogens (tertiary/aromatic N) is 3. The molecule has 0 unspecified atom stereocenters. The van der Waals surface area contributed by atoms with E-state index in [4.69, 9.17) is 4.74 Å². The van der Waals surface area contributed by atoms with Gasteiger partial charge in [-0.25, -0.2) is 4.79 Å². The summed E-state index contributed by atoms with van der Waals surface area (Å²) in [5, 5.41) is 7.22. The SMILES string of the molecule is Cc1ccc(NC(=O)N2CCO[C@@](C)(c3cnn(C)c3)C2)c(C)c1. The lowest BCUT2D eigenvalue weighted by Gasteiger charge is -2.40. The van der Waals surface area contributed by atoms with Crippen LogP contribution in [0.5, 0.6) is 0 Å². The van der Waals surface area contributed by atoms with Gasteiger partial charge in [0.15, 0.2) is 0 Å². The number of nitrogens with one attached hydrogen (secondary N) is 1. The van der Waals surface area contributed by atoms with Gasteiger partial charge in [-0.15, -0.1) is 0 Å². The molecule has 1 aromatic heterocycles. The molecule has 1 N–H and O–H groups in total. The lowest BCUT2D eigenvalue weighted by Crippen LogP contribution is -2.51. The average Bonchev–Trinajstić information content (AvgIpc) is 2.97. The first-order valence-electron chi connectivity index (χ1n) is 8.14. The number of carbonyl (C=O) groups excluding carboxylic acids is 1. The first kappa shape index (κ1) is 16.5. The van der Waals surface area contributed by atoms with E-state index in [1.165, 1.54) is 5.56 Å². The zero-order chi connectivity index (χ0) is 17.3. The fourth-order valence-electron chi connectivity index (χ4n) is 3.06. The molecule has 2 aromatic rings. The fourth-order valence-corrected chi connectivity index (χ4v) is 3.06. The van der Waals surface area contributed by atoms with E-state index in [1.54, 1.807) is 15.8 Å². The molecular formula is C18H24N4O2. The molecule has 6 nitrogen and oxygen atoms in total. The molecule has 1 aromatic carbocycles. The van der Waals surface area contributed by atoms with Crippen LogP contribution < -0.4 is 5.32 Å². The van der Waals surface area contributed by atoms with Crippen molar-refractivity contribution in [1.29, 1.82) is 0 Å². The number of carbonyl (C=O) groups is 1. The molecule has 6 heteroatoms. The molecule has 3 rings (SSSR count). The predicted molar refractivity (Wildman–Crippen MR) is 93.0 cm³/mol. The molecular weight excluding hydrogens is 304 g/mol. The Morgan fingerprint density at radius 3 is 2.83 bits per heavy atom. The Hall–Kier alpha value is -2.34. The van der Waals surface area contributed by atoms with Crippen molar-refractivity contribution in [3.8, 4) is 0 Å². The summed E-state index contributed by atoms with van der Waals surface area (Å²) in [6.45, 7) is 7.62. The Labute approximate surface area is 142 Å². The Balaban J connectivity index is 1.73. The number of hydrogen-bond acceptors (Lipinski definition) is 3. The van der Waals surface area contributed by atoms with Gasteiger partial charge < -0.3 is 15.0 Å². The Morgan fingerprint density at radius 2 is 2.17 bits per heavy atom. The third-order valence-corrected chi connectivity index (χ3v) is 4.50. The van der Waals surface area contributed by atoms with Crippen LogP contribution in [0, 0.1) is 13.8 Å². The van der Waals surface area contributed by atoms with Gasteiger partial charge in [0, 0.05) is 31.0 Å². The summed E-state index contributed by atoms with van der Waals surface area (Å²) in [6, 6.07) is 5.92. The predicted octanol–water partition coefficient (Wildman–Crippen LogP) is 2.82. The van der Waals surface area contributed by atoms with Crippen molar-refractivity contribution >= 4 is 11.7 Å². The van der Waals surface area contributed by atoms with Crippen molar-refractivity contribution in [2.75, 3.05) is 25.0 Å². The molecule has 2 heterocycles. The van der Waals surface area contributed by atoms with Crippen LogP contribution in [-0.4, -0.2) is 40.4 Å². The van der Waals surface area contributed by atoms with Crippen LogP contribution in [0.15, 0.2) is 30.6 Å². The van der Waals surface area contributed by atoms with Crippen molar-refractivity contribution in [3.63, 3.8) is 0 Å². The minimum atomic E-state index is -0.536. The van der Waals surface area contributed by atoms with Crippen molar-refractivity contribution in [2.45, 2.75) is 26.4 Å². The van der Waals surface area contributed by atoms with Crippen LogP contribution in [-0.2, 0) is 17.4 Å². The van der Waals surface area contributed by atoms with E-state index < -0.39 is 5.60 Å². The second kappa shape index (κ2) is 6.28. The zero-order valence-corrected chi connectivity index (χ0v) is 14.7. The molecule has 1 aliphatic rings. The largest absolute Gasteiger partial charge is 0.367 e. The van der Waals surface area contributed by atoms with Gasteiger partial charge >= 0.3 is 6.03 Å². The van der Waals surface area contributed by atoms with Crippen LogP contribution in [0.4, 0.5) is 10.5 Å². The van der Waals surface area contributed by atoms with E-state index in [-0.39, 0.29) is 6.03 Å². The molecule has 0 bridgehead atoms. The highest BCUT2D eigenvalue weighted by atomic mass is 16.5. The smallest absolute Gasteiger partial charge is 0.322 e. The molecule has 0 radical (unpaired) electrons. The highest BCUT2D eigenvalue weighted by molar-refractivity contribution is 5.90. The number of benzene rings is 1. The molecule has 2 amide bonds. The number of anilines is 1. The first-order valence-corrected chi connectivity index (χ1v) is 8.14. The van der Waals surface area contributed by atoms with E-state index in [1.807, 2.05) is 46.1 Å². The van der Waals surface area contributed by atoms with Crippen LogP contribution in [0.2, 0.25) is 0 Å². The van der Waals surface area contributed by atoms with Crippen LogP contribution in [0.3, 0.4) is 0 Å². The van der Waals surface area contributed by atoms with Crippen molar-refractivity contribution < 1.29 is 9.53 Å². The van der Waals surface area contributed by atoms with E-state index in [0.717, 1.165) is 16.8 Å². The molecule has 1 aliphatic heterocycles. The second-order valence-electron chi connectivity index (χ2n) is 6.65. The molecule has 1 saturated heterocycles. The normalized spacial score (nSPS) is 20.9. The summed E-state index contributed by atoms with van der Waals surface area (Å²) < 4.78 is 7.71. The van der Waals surface area contributed by atoms with Gasteiger partial charge in [0.25, 0.3) is 0 Å². The van der Waals surface area contributed by atoms with Gasteiger partial charge in [0.05, 0.1) is 19.3 Å². The number of rotatable bonds is 2. The number of hydrogen-bond donors (Lipinski definition) is 1. The average molecular weight is 328 g/mol. The summed E-state index contributed by atoms with van der Waals surface area (Å²) in [5.41, 5.74) is 3.54. The van der Waals surface area contributed by atoms with Crippen molar-refractivity contribution in [3.05, 3.63) is 47.3 Å². The van der Waals surface area contributed by atoms with E-state index in [2.05, 4.69) is 16.5 Å². The summed E-state index contributed by atoms with van der Waals surface area (Å²) in [5.74, 6) is 0. The monoisotopic (exact) mass is 328 g/mol. The minimum Gasteiger partial charge on any atom is -0.367 e. The van der Waals surface area contributed by atoms with Gasteiger partial charge in [0.2, 0.25) is 0 Å². The number of aryl methyl sites for hydroxylation is 3. The van der Waals surface area contributed by atoms with Crippen LogP contribution in [0.25, 0.3) is 0 Å². The van der Waals surface area contributed by atoms with Crippen molar-refractivity contribution in [2.24, 2.45) is 7.05 Å². The van der Waals surface area contributed by atoms with Crippen LogP contribution in [0.1, 0.15) is 23.6 Å². The Bertz CT molecular complexity index is 755. The van der Waals surface area contributed by atoms with Gasteiger partial charge in [0.1, 0.15) is 5.60 Å². The summed E-state index contributed by atoms with van der Waals surface area (Å²) in [6.07, 6.45) is 3.73. The van der Waals surface area contributed by atoms with Gasteiger partial charge in [-0.1, -0.05) is 17.7 Å². The van der Waals surface area contributed by atoms with Gasteiger partial charge in [-0.2, -0.15) is 5.10 Å². The number of ether oxygens (including phenoxy) is 1. The molecule has 1 atom stereocenters. The number of urea groups is 1. The standard InChI is InChI=1S/C18H24N4O2/c1-13-5-6-16(14(2)9-13)20-17(23)22-7-8-24-18(3,12-22)15-10-19-21(4)11-15/h5-6,9-11H,7-8,12H2,1-4H3,(H,20,23)/t18-/m1/s1. The minimum absolute atomic E-state index is 0.0969. The summed E-state index contributed by atoms with van der Waals surface area (Å²) in [7, 11) is 1.88. The van der Waals surface area contributed by atoms with Gasteiger partial charge in [-0.3, -0.25) is 4.68 Å². The second-order valence-corrected chi connectivity index (χ2v) is 6.65. The van der Waals surface area contributed by atoms with Crippen LogP contribution >= 0.6 is 0 Å². The molecule has 128 valence electrons. The first-order chi connectivity index (χ1) is 11.4. The number of aromatic nitrogens is 2. The number of amides is 2. The molecule has 1 fully saturated rings. The number of morpholine rings is 1. The maximum atomic E-state index is 12.7. The van der Waals surface area contributed by atoms with Gasteiger partial charge in [-0.05, 0) is 32.4 Å². The lowest BCUT2D eigenvalue weighted by atomic mass is 9.97. The lowest BCUT2D eigenvalue weighted by molar-refractivity contribution is -0.0895. The Kier molecular flexibility index (Phi) is 4.32. The third kappa shape index (κ3) is 3.28. The summed E-state index contributed by atoms with van der Waals surface area (Å²) >= 11 is 0.